The van der Waals surface area contributed by atoms with Crippen molar-refractivity contribution in [2.24, 2.45) is 12.2 Å². The van der Waals surface area contributed by atoms with Gasteiger partial charge >= 0.3 is 11.9 Å². The SMILES string of the molecule is C[n+]1cccn1CC1=C(C(=O)O)N2C(=O)[C@@H](NC(=O)/C(=N\OC(C)(C)C(=O)OC(C)(C)C)c3csc(NC(c4ccccc4)(c4ccccc4)c4ccccc4)n3)[C@H]2[S@@](=O)C1. The standard InChI is InChI=1S/C44H45N7O8S2/c1-42(2,3)58-40(56)43(4,5)59-48-33(36(52)46-34-37(53)51-35(39(54)55)28(27-61(57)38(34)51)25-50-24-16-23-49(50)6)32-26-60-41(45-32)47-44(29-17-10-7-11-18-29,30-19-12-8-13-20-30)31-21-14-9-15-22-31/h7-24,26,34,38H,25,27H2,1-6H3,(H2-,45,46,47,52,54,55)/p+1/b48-33-/t34-,38-,61+/m1/s1. The predicted octanol–water partition coefficient (Wildman–Crippen LogP) is 4.47. The molecule has 0 spiro atoms. The number of esters is 1. The number of carboxylic acid groups (broad SMARTS) is 1. The third kappa shape index (κ3) is 8.61. The molecule has 15 nitrogen and oxygen atoms in total. The Balaban J connectivity index is 1.24. The zero-order valence-electron chi connectivity index (χ0n) is 34.4. The monoisotopic (exact) mass is 864 g/mol. The molecule has 1 fully saturated rings. The molecule has 3 atom stereocenters. The highest BCUT2D eigenvalue weighted by atomic mass is 32.2. The van der Waals surface area contributed by atoms with E-state index < -0.39 is 68.4 Å². The number of oxime groups is 1. The molecule has 0 bridgehead atoms. The number of aromatic nitrogens is 3. The number of carbonyl (C=O) groups excluding carboxylic acids is 3. The van der Waals surface area contributed by atoms with E-state index >= 15 is 0 Å². The lowest BCUT2D eigenvalue weighted by Crippen LogP contribution is -2.74. The molecule has 2 aliphatic heterocycles. The number of carboxylic acids is 1. The molecule has 61 heavy (non-hydrogen) atoms. The van der Waals surface area contributed by atoms with Gasteiger partial charge in [-0.1, -0.05) is 96.2 Å². The zero-order valence-corrected chi connectivity index (χ0v) is 36.0. The molecule has 2 amide bonds. The van der Waals surface area contributed by atoms with Crippen LogP contribution in [0.1, 0.15) is 57.0 Å². The fourth-order valence-corrected chi connectivity index (χ4v) is 9.61. The van der Waals surface area contributed by atoms with E-state index in [0.29, 0.717) is 10.7 Å². The van der Waals surface area contributed by atoms with Gasteiger partial charge in [-0.25, -0.2) is 14.6 Å². The second-order valence-electron chi connectivity index (χ2n) is 16.0. The Kier molecular flexibility index (Phi) is 11.8. The Hall–Kier alpha value is -6.46. The fourth-order valence-electron chi connectivity index (χ4n) is 7.18. The van der Waals surface area contributed by atoms with Crippen molar-refractivity contribution in [2.45, 2.75) is 69.3 Å². The summed E-state index contributed by atoms with van der Waals surface area (Å²) in [7, 11) is -0.0211. The van der Waals surface area contributed by atoms with Crippen LogP contribution in [0.4, 0.5) is 5.13 Å². The summed E-state index contributed by atoms with van der Waals surface area (Å²) < 4.78 is 22.8. The molecule has 3 aromatic carbocycles. The van der Waals surface area contributed by atoms with Gasteiger partial charge in [0, 0.05) is 11.4 Å². The quantitative estimate of drug-likeness (QED) is 0.0360. The molecule has 7 rings (SSSR count). The first-order valence-electron chi connectivity index (χ1n) is 19.4. The summed E-state index contributed by atoms with van der Waals surface area (Å²) in [6.45, 7) is 8.07. The van der Waals surface area contributed by atoms with E-state index in [4.69, 9.17) is 14.6 Å². The molecule has 3 N–H and O–H groups in total. The maximum absolute atomic E-state index is 14.4. The van der Waals surface area contributed by atoms with Gasteiger partial charge in [-0.05, 0) is 56.9 Å². The number of benzene rings is 3. The average molecular weight is 865 g/mol. The van der Waals surface area contributed by atoms with E-state index in [9.17, 15) is 28.5 Å². The first-order chi connectivity index (χ1) is 29.0. The molecule has 0 radical (unpaired) electrons. The highest BCUT2D eigenvalue weighted by Gasteiger charge is 2.57. The van der Waals surface area contributed by atoms with Crippen molar-refractivity contribution < 1.29 is 42.7 Å². The van der Waals surface area contributed by atoms with Crippen molar-refractivity contribution in [3.63, 3.8) is 0 Å². The Labute approximate surface area is 359 Å². The van der Waals surface area contributed by atoms with Gasteiger partial charge in [0.1, 0.15) is 40.5 Å². The summed E-state index contributed by atoms with van der Waals surface area (Å²) in [5, 5.41) is 21.5. The Morgan fingerprint density at radius 2 is 1.51 bits per heavy atom. The van der Waals surface area contributed by atoms with E-state index in [1.165, 1.54) is 25.2 Å². The van der Waals surface area contributed by atoms with Crippen molar-refractivity contribution in [2.75, 3.05) is 11.1 Å². The van der Waals surface area contributed by atoms with Crippen LogP contribution in [0.5, 0.6) is 0 Å². The molecule has 2 aromatic heterocycles. The van der Waals surface area contributed by atoms with Crippen LogP contribution in [0.3, 0.4) is 0 Å². The molecule has 0 saturated carbocycles. The number of hydrogen-bond acceptors (Lipinski definition) is 11. The number of ether oxygens (including phenoxy) is 1. The molecule has 0 unspecified atom stereocenters. The lowest BCUT2D eigenvalue weighted by Gasteiger charge is -2.48. The summed E-state index contributed by atoms with van der Waals surface area (Å²) in [5.41, 5.74) is -1.11. The normalized spacial score (nSPS) is 18.2. The van der Waals surface area contributed by atoms with Gasteiger partial charge in [-0.15, -0.1) is 16.0 Å². The topological polar surface area (TPSA) is 185 Å². The van der Waals surface area contributed by atoms with Crippen LogP contribution in [0, 0.1) is 0 Å². The lowest BCUT2D eigenvalue weighted by atomic mass is 9.77. The third-order valence-electron chi connectivity index (χ3n) is 10.1. The van der Waals surface area contributed by atoms with Gasteiger partial charge in [0.05, 0.1) is 22.7 Å². The fraction of sp³-hybridized carbons (Fsp3) is 0.295. The number of carbonyl (C=O) groups is 4. The Morgan fingerprint density at radius 1 is 0.934 bits per heavy atom. The van der Waals surface area contributed by atoms with Crippen LogP contribution in [-0.4, -0.2) is 81.7 Å². The van der Waals surface area contributed by atoms with E-state index in [2.05, 4.69) is 15.8 Å². The zero-order chi connectivity index (χ0) is 43.7. The van der Waals surface area contributed by atoms with Crippen molar-refractivity contribution >= 4 is 56.7 Å². The van der Waals surface area contributed by atoms with E-state index in [-0.39, 0.29) is 23.7 Å². The number of anilines is 1. The number of aryl methyl sites for hydroxylation is 1. The number of amides is 2. The maximum atomic E-state index is 14.4. The molecular formula is C44H46N7O8S2+. The smallest absolute Gasteiger partial charge is 0.353 e. The molecular weight excluding hydrogens is 819 g/mol. The number of hydrogen-bond donors (Lipinski definition) is 3. The predicted molar refractivity (Wildman–Crippen MR) is 228 cm³/mol. The summed E-state index contributed by atoms with van der Waals surface area (Å²) in [4.78, 5) is 65.5. The first-order valence-corrected chi connectivity index (χ1v) is 21.6. The van der Waals surface area contributed by atoms with Crippen LogP contribution >= 0.6 is 11.3 Å². The summed E-state index contributed by atoms with van der Waals surface area (Å²) in [5.74, 6) is -3.93. The minimum Gasteiger partial charge on any atom is -0.477 e. The van der Waals surface area contributed by atoms with Crippen LogP contribution < -0.4 is 15.3 Å². The van der Waals surface area contributed by atoms with Crippen LogP contribution in [0.2, 0.25) is 0 Å². The van der Waals surface area contributed by atoms with E-state index in [0.717, 1.165) is 21.6 Å². The van der Waals surface area contributed by atoms with Gasteiger partial charge < -0.3 is 25.3 Å². The molecule has 17 heteroatoms. The molecule has 316 valence electrons. The molecule has 0 aliphatic carbocycles. The Morgan fingerprint density at radius 3 is 2.02 bits per heavy atom. The number of fused-ring (bicyclic) bond motifs is 1. The Bertz CT molecular complexity index is 2450. The number of thiazole rings is 1. The van der Waals surface area contributed by atoms with Gasteiger partial charge in [0.25, 0.3) is 11.8 Å². The molecule has 4 heterocycles. The van der Waals surface area contributed by atoms with Crippen LogP contribution in [-0.2, 0) is 58.7 Å². The van der Waals surface area contributed by atoms with Gasteiger partial charge in [0.2, 0.25) is 5.60 Å². The van der Waals surface area contributed by atoms with E-state index in [1.807, 2.05) is 91.0 Å². The second-order valence-corrected chi connectivity index (χ2v) is 18.4. The van der Waals surface area contributed by atoms with Crippen molar-refractivity contribution in [1.29, 1.82) is 0 Å². The highest BCUT2D eigenvalue weighted by molar-refractivity contribution is 7.86. The number of aliphatic carboxylic acids is 1. The molecule has 2 aliphatic rings. The van der Waals surface area contributed by atoms with Crippen molar-refractivity contribution in [3.05, 3.63) is 148 Å². The lowest BCUT2D eigenvalue weighted by molar-refractivity contribution is -0.752. The minimum atomic E-state index is -1.79. The van der Waals surface area contributed by atoms with Crippen LogP contribution in [0.15, 0.2) is 131 Å². The highest BCUT2D eigenvalue weighted by Crippen LogP contribution is 2.41. The molecule has 5 aromatic rings. The summed E-state index contributed by atoms with van der Waals surface area (Å²) >= 11 is 1.19. The molecule has 1 saturated heterocycles. The summed E-state index contributed by atoms with van der Waals surface area (Å²) in [6.07, 6.45) is 3.51. The largest absolute Gasteiger partial charge is 0.477 e. The number of rotatable bonds is 14. The van der Waals surface area contributed by atoms with Crippen molar-refractivity contribution in [3.8, 4) is 0 Å². The maximum Gasteiger partial charge on any atom is 0.353 e. The first kappa shape index (κ1) is 42.7. The summed E-state index contributed by atoms with van der Waals surface area (Å²) in [6, 6.07) is 30.0. The van der Waals surface area contributed by atoms with Crippen LogP contribution in [0.25, 0.3) is 0 Å². The van der Waals surface area contributed by atoms with E-state index in [1.54, 1.807) is 61.0 Å². The number of nitrogens with one attached hydrogen (secondary N) is 2. The minimum absolute atomic E-state index is 0.0365. The van der Waals surface area contributed by atoms with Gasteiger partial charge in [-0.2, -0.15) is 4.68 Å². The van der Waals surface area contributed by atoms with Gasteiger partial charge in [0.15, 0.2) is 24.1 Å². The second kappa shape index (κ2) is 16.9. The third-order valence-corrected chi connectivity index (χ3v) is 12.6. The van der Waals surface area contributed by atoms with Gasteiger partial charge in [-0.3, -0.25) is 18.7 Å². The number of nitrogens with zero attached hydrogens (tertiary/aromatic N) is 5. The average Bonchev–Trinajstić information content (AvgIpc) is 3.87. The van der Waals surface area contributed by atoms with Crippen molar-refractivity contribution in [1.82, 2.24) is 19.9 Å². The number of β-lactam (4-membered cyclic amide) rings is 1.